The van der Waals surface area contributed by atoms with Crippen molar-refractivity contribution in [2.45, 2.75) is 31.5 Å². The van der Waals surface area contributed by atoms with Crippen molar-refractivity contribution >= 4 is 17.5 Å². The second-order valence-electron chi connectivity index (χ2n) is 5.37. The molecule has 2 aliphatic rings. The SMILES string of the molecule is O=C1CNC(c2cccc(Cl)c2)N1CC1CCCCO1. The summed E-state index contributed by atoms with van der Waals surface area (Å²) in [5, 5.41) is 3.94. The van der Waals surface area contributed by atoms with E-state index in [0.717, 1.165) is 25.0 Å². The molecule has 1 amide bonds. The monoisotopic (exact) mass is 294 g/mol. The third-order valence-corrected chi connectivity index (χ3v) is 4.15. The van der Waals surface area contributed by atoms with E-state index in [1.165, 1.54) is 6.42 Å². The normalized spacial score (nSPS) is 27.1. The molecule has 2 saturated heterocycles. The summed E-state index contributed by atoms with van der Waals surface area (Å²) in [4.78, 5) is 14.0. The lowest BCUT2D eigenvalue weighted by Gasteiger charge is -2.31. The van der Waals surface area contributed by atoms with Gasteiger partial charge in [-0.25, -0.2) is 0 Å². The van der Waals surface area contributed by atoms with E-state index in [0.29, 0.717) is 18.1 Å². The topological polar surface area (TPSA) is 41.6 Å². The van der Waals surface area contributed by atoms with Gasteiger partial charge in [-0.2, -0.15) is 0 Å². The maximum Gasteiger partial charge on any atom is 0.238 e. The molecule has 0 aliphatic carbocycles. The van der Waals surface area contributed by atoms with Gasteiger partial charge in [-0.05, 0) is 37.0 Å². The summed E-state index contributed by atoms with van der Waals surface area (Å²) in [6.45, 7) is 1.84. The largest absolute Gasteiger partial charge is 0.376 e. The Balaban J connectivity index is 1.74. The Labute approximate surface area is 124 Å². The first-order chi connectivity index (χ1) is 9.74. The Morgan fingerprint density at radius 3 is 3.05 bits per heavy atom. The van der Waals surface area contributed by atoms with Crippen LogP contribution in [0.1, 0.15) is 31.0 Å². The average Bonchev–Trinajstić information content (AvgIpc) is 2.82. The number of benzene rings is 1. The Morgan fingerprint density at radius 2 is 2.30 bits per heavy atom. The van der Waals surface area contributed by atoms with Crippen LogP contribution in [0.5, 0.6) is 0 Å². The molecule has 0 saturated carbocycles. The van der Waals surface area contributed by atoms with Crippen LogP contribution in [-0.4, -0.2) is 36.6 Å². The van der Waals surface area contributed by atoms with Gasteiger partial charge in [-0.15, -0.1) is 0 Å². The minimum Gasteiger partial charge on any atom is -0.376 e. The van der Waals surface area contributed by atoms with Crippen molar-refractivity contribution in [3.63, 3.8) is 0 Å². The van der Waals surface area contributed by atoms with Crippen molar-refractivity contribution in [1.29, 1.82) is 0 Å². The minimum absolute atomic E-state index is 0.0910. The first kappa shape index (κ1) is 13.9. The van der Waals surface area contributed by atoms with Crippen LogP contribution in [0.2, 0.25) is 5.02 Å². The second-order valence-corrected chi connectivity index (χ2v) is 5.81. The maximum atomic E-state index is 12.1. The van der Waals surface area contributed by atoms with Crippen LogP contribution in [-0.2, 0) is 9.53 Å². The number of hydrogen-bond acceptors (Lipinski definition) is 3. The summed E-state index contributed by atoms with van der Waals surface area (Å²) in [5.41, 5.74) is 1.03. The Morgan fingerprint density at radius 1 is 1.40 bits per heavy atom. The molecule has 20 heavy (non-hydrogen) atoms. The summed E-state index contributed by atoms with van der Waals surface area (Å²) < 4.78 is 5.75. The number of nitrogens with zero attached hydrogens (tertiary/aromatic N) is 1. The molecule has 2 heterocycles. The quantitative estimate of drug-likeness (QED) is 0.930. The van der Waals surface area contributed by atoms with Crippen molar-refractivity contribution in [2.75, 3.05) is 19.7 Å². The lowest BCUT2D eigenvalue weighted by molar-refractivity contribution is -0.130. The van der Waals surface area contributed by atoms with E-state index in [4.69, 9.17) is 16.3 Å². The molecular formula is C15H19ClN2O2. The number of hydrogen-bond donors (Lipinski definition) is 1. The molecule has 1 N–H and O–H groups in total. The molecule has 2 atom stereocenters. The van der Waals surface area contributed by atoms with Crippen molar-refractivity contribution in [2.24, 2.45) is 0 Å². The van der Waals surface area contributed by atoms with Crippen LogP contribution in [0, 0.1) is 0 Å². The lowest BCUT2D eigenvalue weighted by Crippen LogP contribution is -2.39. The van der Waals surface area contributed by atoms with Gasteiger partial charge in [-0.3, -0.25) is 10.1 Å². The number of rotatable bonds is 3. The smallest absolute Gasteiger partial charge is 0.238 e. The minimum atomic E-state index is -0.0910. The Bertz CT molecular complexity index is 489. The van der Waals surface area contributed by atoms with Crippen LogP contribution >= 0.6 is 11.6 Å². The predicted molar refractivity (Wildman–Crippen MR) is 77.5 cm³/mol. The van der Waals surface area contributed by atoms with Gasteiger partial charge >= 0.3 is 0 Å². The fourth-order valence-corrected chi connectivity index (χ4v) is 3.09. The maximum absolute atomic E-state index is 12.1. The van der Waals surface area contributed by atoms with Crippen LogP contribution in [0.25, 0.3) is 0 Å². The van der Waals surface area contributed by atoms with Crippen LogP contribution < -0.4 is 5.32 Å². The van der Waals surface area contributed by atoms with Crippen LogP contribution in [0.4, 0.5) is 0 Å². The molecule has 0 bridgehead atoms. The van der Waals surface area contributed by atoms with Gasteiger partial charge in [0.25, 0.3) is 0 Å². The zero-order valence-electron chi connectivity index (χ0n) is 11.3. The number of nitrogens with one attached hydrogen (secondary N) is 1. The number of carbonyl (C=O) groups excluding carboxylic acids is 1. The van der Waals surface area contributed by atoms with E-state index in [1.807, 2.05) is 29.2 Å². The number of ether oxygens (including phenoxy) is 1. The zero-order chi connectivity index (χ0) is 13.9. The van der Waals surface area contributed by atoms with Gasteiger partial charge in [0.15, 0.2) is 0 Å². The Hall–Kier alpha value is -1.10. The van der Waals surface area contributed by atoms with Crippen LogP contribution in [0.15, 0.2) is 24.3 Å². The third-order valence-electron chi connectivity index (χ3n) is 3.92. The molecule has 1 aromatic rings. The van der Waals surface area contributed by atoms with Gasteiger partial charge in [0.1, 0.15) is 6.17 Å². The van der Waals surface area contributed by atoms with Crippen molar-refractivity contribution in [1.82, 2.24) is 10.2 Å². The van der Waals surface area contributed by atoms with E-state index in [2.05, 4.69) is 5.32 Å². The van der Waals surface area contributed by atoms with Crippen LogP contribution in [0.3, 0.4) is 0 Å². The molecule has 2 unspecified atom stereocenters. The van der Waals surface area contributed by atoms with Gasteiger partial charge < -0.3 is 9.64 Å². The van der Waals surface area contributed by atoms with E-state index in [9.17, 15) is 4.79 Å². The zero-order valence-corrected chi connectivity index (χ0v) is 12.1. The molecule has 4 nitrogen and oxygen atoms in total. The summed E-state index contributed by atoms with van der Waals surface area (Å²) in [7, 11) is 0. The van der Waals surface area contributed by atoms with Gasteiger partial charge in [0.05, 0.1) is 12.6 Å². The summed E-state index contributed by atoms with van der Waals surface area (Å²) in [5.74, 6) is 0.129. The summed E-state index contributed by atoms with van der Waals surface area (Å²) >= 11 is 6.04. The molecule has 0 radical (unpaired) electrons. The highest BCUT2D eigenvalue weighted by atomic mass is 35.5. The highest BCUT2D eigenvalue weighted by molar-refractivity contribution is 6.30. The molecule has 108 valence electrons. The number of carbonyl (C=O) groups is 1. The summed E-state index contributed by atoms with van der Waals surface area (Å²) in [6.07, 6.45) is 3.41. The molecule has 5 heteroatoms. The van der Waals surface area contributed by atoms with E-state index < -0.39 is 0 Å². The molecule has 3 rings (SSSR count). The standard InChI is InChI=1S/C15H19ClN2O2/c16-12-5-3-4-11(8-12)15-17-9-14(19)18(15)10-13-6-1-2-7-20-13/h3-5,8,13,15,17H,1-2,6-7,9-10H2. The van der Waals surface area contributed by atoms with Crippen molar-refractivity contribution in [3.8, 4) is 0 Å². The first-order valence-electron chi connectivity index (χ1n) is 7.14. The number of amides is 1. The molecule has 1 aromatic carbocycles. The molecule has 2 fully saturated rings. The second kappa shape index (κ2) is 6.12. The number of halogens is 1. The van der Waals surface area contributed by atoms with Gasteiger partial charge in [0.2, 0.25) is 5.91 Å². The third kappa shape index (κ3) is 2.97. The molecular weight excluding hydrogens is 276 g/mol. The van der Waals surface area contributed by atoms with Gasteiger partial charge in [-0.1, -0.05) is 23.7 Å². The fraction of sp³-hybridized carbons (Fsp3) is 0.533. The highest BCUT2D eigenvalue weighted by Gasteiger charge is 2.33. The fourth-order valence-electron chi connectivity index (χ4n) is 2.89. The average molecular weight is 295 g/mol. The Kier molecular flexibility index (Phi) is 4.24. The van der Waals surface area contributed by atoms with Gasteiger partial charge in [0, 0.05) is 18.2 Å². The lowest BCUT2D eigenvalue weighted by atomic mass is 10.1. The molecule has 0 spiro atoms. The van der Waals surface area contributed by atoms with Crippen molar-refractivity contribution in [3.05, 3.63) is 34.9 Å². The molecule has 2 aliphatic heterocycles. The van der Waals surface area contributed by atoms with E-state index >= 15 is 0 Å². The first-order valence-corrected chi connectivity index (χ1v) is 7.52. The van der Waals surface area contributed by atoms with E-state index in [-0.39, 0.29) is 18.2 Å². The van der Waals surface area contributed by atoms with Crippen molar-refractivity contribution < 1.29 is 9.53 Å². The highest BCUT2D eigenvalue weighted by Crippen LogP contribution is 2.26. The predicted octanol–water partition coefficient (Wildman–Crippen LogP) is 2.34. The summed E-state index contributed by atoms with van der Waals surface area (Å²) in [6, 6.07) is 7.66. The molecule has 0 aromatic heterocycles. The van der Waals surface area contributed by atoms with E-state index in [1.54, 1.807) is 0 Å².